The van der Waals surface area contributed by atoms with E-state index in [0.717, 1.165) is 5.56 Å². The Hall–Kier alpha value is -2.21. The van der Waals surface area contributed by atoms with Gasteiger partial charge in [-0.2, -0.15) is 0 Å². The maximum atomic E-state index is 14.1. The van der Waals surface area contributed by atoms with Crippen molar-refractivity contribution in [3.63, 3.8) is 0 Å². The lowest BCUT2D eigenvalue weighted by Gasteiger charge is -2.65. The topological polar surface area (TPSA) is 86.1 Å². The normalized spacial score (nSPS) is 50.6. The van der Waals surface area contributed by atoms with Crippen molar-refractivity contribution >= 4 is 17.5 Å². The van der Waals surface area contributed by atoms with Gasteiger partial charge in [0.2, 0.25) is 0 Å². The van der Waals surface area contributed by atoms with Crippen molar-refractivity contribution < 1.29 is 28.3 Å². The van der Waals surface area contributed by atoms with Gasteiger partial charge in [-0.25, -0.2) is 4.79 Å². The molecule has 1 spiro atoms. The van der Waals surface area contributed by atoms with E-state index in [9.17, 15) is 14.4 Å². The fourth-order valence-corrected chi connectivity index (χ4v) is 8.58. The molecule has 6 nitrogen and oxygen atoms in total. The van der Waals surface area contributed by atoms with Crippen LogP contribution in [0.15, 0.2) is 35.2 Å². The minimum atomic E-state index is -0.975. The lowest BCUT2D eigenvalue weighted by atomic mass is 9.36. The molecule has 0 aromatic carbocycles. The number of ketones is 2. The van der Waals surface area contributed by atoms with Crippen molar-refractivity contribution in [3.8, 4) is 0 Å². The Labute approximate surface area is 187 Å². The lowest BCUT2D eigenvalue weighted by Crippen LogP contribution is -2.72. The number of Topliss-reactive ketones (excluding diaryl/α,β-unsaturated/α-hetero) is 1. The first-order chi connectivity index (χ1) is 14.9. The molecule has 3 aliphatic carbocycles. The first-order valence-corrected chi connectivity index (χ1v) is 11.6. The maximum Gasteiger partial charge on any atom is 0.339 e. The molecule has 2 saturated heterocycles. The third-order valence-corrected chi connectivity index (χ3v) is 10.3. The van der Waals surface area contributed by atoms with Crippen molar-refractivity contribution in [2.24, 2.45) is 33.5 Å². The van der Waals surface area contributed by atoms with Gasteiger partial charge in [-0.15, -0.1) is 0 Å². The van der Waals surface area contributed by atoms with Gasteiger partial charge in [0, 0.05) is 22.8 Å². The van der Waals surface area contributed by atoms with E-state index < -0.39 is 40.0 Å². The molecule has 2 aliphatic heterocycles. The van der Waals surface area contributed by atoms with Crippen LogP contribution in [-0.4, -0.2) is 29.2 Å². The highest BCUT2D eigenvalue weighted by Gasteiger charge is 2.88. The molecular weight excluding hydrogens is 408 g/mol. The first-order valence-electron chi connectivity index (χ1n) is 11.6. The average molecular weight is 439 g/mol. The number of epoxide rings is 1. The number of carbonyl (C=O) groups is 3. The van der Waals surface area contributed by atoms with E-state index in [2.05, 4.69) is 20.8 Å². The monoisotopic (exact) mass is 438 g/mol. The molecule has 0 radical (unpaired) electrons. The first kappa shape index (κ1) is 20.4. The zero-order valence-corrected chi connectivity index (χ0v) is 19.3. The van der Waals surface area contributed by atoms with E-state index in [1.54, 1.807) is 18.6 Å². The largest absolute Gasteiger partial charge is 0.472 e. The number of cyclic esters (lactones) is 1. The SMILES string of the molecule is CC1(C)C=CC(=O)[C@@]2(C)C1CC(=O)[C@]1(C)C2CC[C@@]2(C)[C@H](c3ccoc3)OC(=O)C3OC321. The molecule has 0 bridgehead atoms. The van der Waals surface area contributed by atoms with Crippen LogP contribution in [0.5, 0.6) is 0 Å². The summed E-state index contributed by atoms with van der Waals surface area (Å²) < 4.78 is 17.5. The smallest absolute Gasteiger partial charge is 0.339 e. The van der Waals surface area contributed by atoms with Gasteiger partial charge in [0.25, 0.3) is 0 Å². The quantitative estimate of drug-likeness (QED) is 0.483. The van der Waals surface area contributed by atoms with Crippen LogP contribution in [-0.2, 0) is 23.9 Å². The zero-order valence-electron chi connectivity index (χ0n) is 19.3. The molecule has 6 heteroatoms. The predicted octanol–water partition coefficient (Wildman–Crippen LogP) is 4.20. The van der Waals surface area contributed by atoms with Gasteiger partial charge in [-0.05, 0) is 49.2 Å². The van der Waals surface area contributed by atoms with Gasteiger partial charge < -0.3 is 13.9 Å². The number of hydrogen-bond acceptors (Lipinski definition) is 6. The van der Waals surface area contributed by atoms with Crippen LogP contribution in [0.2, 0.25) is 0 Å². The second-order valence-corrected chi connectivity index (χ2v) is 11.8. The number of allylic oxidation sites excluding steroid dienone is 2. The van der Waals surface area contributed by atoms with Crippen LogP contribution in [0.4, 0.5) is 0 Å². The Bertz CT molecular complexity index is 1080. The second kappa shape index (κ2) is 5.64. The van der Waals surface area contributed by atoms with Crippen molar-refractivity contribution in [3.05, 3.63) is 36.3 Å². The van der Waals surface area contributed by atoms with Crippen molar-refractivity contribution in [2.75, 3.05) is 0 Å². The molecule has 1 aromatic heterocycles. The number of ether oxygens (including phenoxy) is 2. The Morgan fingerprint density at radius 3 is 2.44 bits per heavy atom. The lowest BCUT2D eigenvalue weighted by molar-refractivity contribution is -0.213. The van der Waals surface area contributed by atoms with E-state index >= 15 is 0 Å². The van der Waals surface area contributed by atoms with Crippen LogP contribution >= 0.6 is 0 Å². The highest BCUT2D eigenvalue weighted by molar-refractivity contribution is 6.01. The number of furan rings is 1. The number of rotatable bonds is 1. The molecular formula is C26H30O6. The molecule has 8 atom stereocenters. The van der Waals surface area contributed by atoms with Gasteiger partial charge in [-0.1, -0.05) is 33.8 Å². The molecule has 4 fully saturated rings. The summed E-state index contributed by atoms with van der Waals surface area (Å²) in [5.41, 5.74) is -2.68. The molecule has 1 aromatic rings. The van der Waals surface area contributed by atoms with Crippen LogP contribution in [0, 0.1) is 33.5 Å². The molecule has 32 heavy (non-hydrogen) atoms. The van der Waals surface area contributed by atoms with E-state index in [-0.39, 0.29) is 28.8 Å². The third kappa shape index (κ3) is 1.92. The van der Waals surface area contributed by atoms with Crippen molar-refractivity contribution in [1.82, 2.24) is 0 Å². The molecule has 3 heterocycles. The molecule has 0 amide bonds. The summed E-state index contributed by atoms with van der Waals surface area (Å²) >= 11 is 0. The molecule has 0 N–H and O–H groups in total. The van der Waals surface area contributed by atoms with Crippen LogP contribution in [0.25, 0.3) is 0 Å². The molecule has 5 aliphatic rings. The number of esters is 1. The molecule has 170 valence electrons. The second-order valence-electron chi connectivity index (χ2n) is 11.8. The molecule has 2 saturated carbocycles. The summed E-state index contributed by atoms with van der Waals surface area (Å²) in [7, 11) is 0. The van der Waals surface area contributed by atoms with E-state index in [1.165, 1.54) is 0 Å². The number of carbonyl (C=O) groups excluding carboxylic acids is 3. The van der Waals surface area contributed by atoms with Crippen molar-refractivity contribution in [1.29, 1.82) is 0 Å². The Morgan fingerprint density at radius 2 is 1.75 bits per heavy atom. The maximum absolute atomic E-state index is 14.1. The predicted molar refractivity (Wildman–Crippen MR) is 113 cm³/mol. The number of hydrogen-bond donors (Lipinski definition) is 0. The summed E-state index contributed by atoms with van der Waals surface area (Å²) in [6.45, 7) is 10.3. The van der Waals surface area contributed by atoms with Gasteiger partial charge in [-0.3, -0.25) is 9.59 Å². The van der Waals surface area contributed by atoms with Crippen molar-refractivity contribution in [2.45, 2.75) is 71.7 Å². The fourth-order valence-electron chi connectivity index (χ4n) is 8.58. The minimum absolute atomic E-state index is 0.0729. The minimum Gasteiger partial charge on any atom is -0.472 e. The van der Waals surface area contributed by atoms with Crippen LogP contribution < -0.4 is 0 Å². The Kier molecular flexibility index (Phi) is 3.60. The summed E-state index contributed by atoms with van der Waals surface area (Å²) in [6, 6.07) is 1.81. The van der Waals surface area contributed by atoms with E-state index in [4.69, 9.17) is 13.9 Å². The average Bonchev–Trinajstić information content (AvgIpc) is 3.30. The van der Waals surface area contributed by atoms with Gasteiger partial charge in [0.05, 0.1) is 17.9 Å². The summed E-state index contributed by atoms with van der Waals surface area (Å²) in [5.74, 6) is -0.503. The molecule has 6 rings (SSSR count). The van der Waals surface area contributed by atoms with Crippen LogP contribution in [0.3, 0.4) is 0 Å². The fraction of sp³-hybridized carbons (Fsp3) is 0.654. The van der Waals surface area contributed by atoms with Gasteiger partial charge in [0.1, 0.15) is 17.5 Å². The zero-order chi connectivity index (χ0) is 22.9. The van der Waals surface area contributed by atoms with E-state index in [0.29, 0.717) is 19.3 Å². The third-order valence-electron chi connectivity index (χ3n) is 10.3. The summed E-state index contributed by atoms with van der Waals surface area (Å²) in [4.78, 5) is 40.6. The van der Waals surface area contributed by atoms with E-state index in [1.807, 2.05) is 26.0 Å². The van der Waals surface area contributed by atoms with Gasteiger partial charge >= 0.3 is 5.97 Å². The van der Waals surface area contributed by atoms with Gasteiger partial charge in [0.15, 0.2) is 11.9 Å². The van der Waals surface area contributed by atoms with Crippen LogP contribution in [0.1, 0.15) is 65.5 Å². The number of fused-ring (bicyclic) bond motifs is 3. The highest BCUT2D eigenvalue weighted by Crippen LogP contribution is 2.78. The Morgan fingerprint density at radius 1 is 1.00 bits per heavy atom. The summed E-state index contributed by atoms with van der Waals surface area (Å²) in [6.07, 6.45) is 7.23. The summed E-state index contributed by atoms with van der Waals surface area (Å²) in [5, 5.41) is 0. The molecule has 4 unspecified atom stereocenters. The highest BCUT2D eigenvalue weighted by atomic mass is 16.7. The standard InChI is InChI=1S/C26H30O6/c1-22(2)9-7-17(27)24(4)15-6-10-23(3)19(14-8-11-30-13-14)31-21(29)20-26(23,32-20)25(15,5)18(28)12-16(22)24/h7-9,11,13,15-16,19-20H,6,10,12H2,1-5H3/t15?,16?,19-,20?,23-,24+,25-,26?/m0/s1. The Balaban J connectivity index is 1.54.